The molecule has 0 aliphatic heterocycles. The normalized spacial score (nSPS) is 23.0. The van der Waals surface area contributed by atoms with Crippen molar-refractivity contribution in [2.24, 2.45) is 5.92 Å². The summed E-state index contributed by atoms with van der Waals surface area (Å²) in [5.74, 6) is 0.491. The van der Waals surface area contributed by atoms with Crippen LogP contribution in [0.4, 0.5) is 13.2 Å². The highest BCUT2D eigenvalue weighted by atomic mass is 19.4. The molecule has 2 atom stereocenters. The van der Waals surface area contributed by atoms with Gasteiger partial charge in [0.1, 0.15) is 0 Å². The zero-order valence-corrected chi connectivity index (χ0v) is 12.2. The third kappa shape index (κ3) is 2.72. The second-order valence-electron chi connectivity index (χ2n) is 6.15. The van der Waals surface area contributed by atoms with Gasteiger partial charge in [-0.05, 0) is 48.8 Å². The Morgan fingerprint density at radius 1 is 1.18 bits per heavy atom. The van der Waals surface area contributed by atoms with E-state index in [1.165, 1.54) is 6.20 Å². The molecule has 0 saturated heterocycles. The Balaban J connectivity index is 2.14. The standard InChI is InChI=1S/C17H17F3N2/c1-10-7-11(9-12(21)8-10)13-4-5-15(17(18,19)20)16-14(13)3-2-6-22-16/h2-6,10-11,21H,7-9H2,1H3/t10-,11-/m0/s1. The summed E-state index contributed by atoms with van der Waals surface area (Å²) in [7, 11) is 0. The van der Waals surface area contributed by atoms with Crippen molar-refractivity contribution in [3.8, 4) is 0 Å². The first kappa shape index (κ1) is 15.0. The molecule has 0 amide bonds. The van der Waals surface area contributed by atoms with Crippen molar-refractivity contribution < 1.29 is 13.2 Å². The van der Waals surface area contributed by atoms with Crippen molar-refractivity contribution in [1.82, 2.24) is 4.98 Å². The number of nitrogens with zero attached hydrogens (tertiary/aromatic N) is 1. The van der Waals surface area contributed by atoms with Gasteiger partial charge in [0.15, 0.2) is 0 Å². The highest BCUT2D eigenvalue weighted by Gasteiger charge is 2.34. The second-order valence-corrected chi connectivity index (χ2v) is 6.15. The largest absolute Gasteiger partial charge is 0.418 e. The van der Waals surface area contributed by atoms with E-state index in [4.69, 9.17) is 5.41 Å². The molecule has 0 spiro atoms. The van der Waals surface area contributed by atoms with Crippen LogP contribution in [0.3, 0.4) is 0 Å². The number of aromatic nitrogens is 1. The van der Waals surface area contributed by atoms with E-state index in [0.29, 0.717) is 23.4 Å². The molecule has 1 aliphatic rings. The average Bonchev–Trinajstić information content (AvgIpc) is 2.44. The number of halogens is 3. The minimum atomic E-state index is -4.41. The van der Waals surface area contributed by atoms with Gasteiger partial charge >= 0.3 is 6.18 Å². The lowest BCUT2D eigenvalue weighted by Crippen LogP contribution is -2.20. The number of hydrogen-bond acceptors (Lipinski definition) is 2. The Kier molecular flexibility index (Phi) is 3.67. The van der Waals surface area contributed by atoms with Gasteiger partial charge in [-0.15, -0.1) is 0 Å². The molecule has 1 fully saturated rings. The van der Waals surface area contributed by atoms with Gasteiger partial charge in [-0.25, -0.2) is 0 Å². The van der Waals surface area contributed by atoms with Crippen LogP contribution in [0, 0.1) is 11.3 Å². The monoisotopic (exact) mass is 306 g/mol. The molecular formula is C17H17F3N2. The van der Waals surface area contributed by atoms with Crippen molar-refractivity contribution in [2.75, 3.05) is 0 Å². The maximum atomic E-state index is 13.1. The van der Waals surface area contributed by atoms with Gasteiger partial charge in [-0.3, -0.25) is 4.98 Å². The van der Waals surface area contributed by atoms with Crippen LogP contribution < -0.4 is 0 Å². The van der Waals surface area contributed by atoms with Crippen LogP contribution in [0.1, 0.15) is 43.2 Å². The van der Waals surface area contributed by atoms with E-state index < -0.39 is 11.7 Å². The number of hydrogen-bond donors (Lipinski definition) is 1. The SMILES string of the molecule is C[C@@H]1CC(=N)C[C@@H](c2ccc(C(F)(F)F)c3ncccc23)C1. The van der Waals surface area contributed by atoms with Crippen molar-refractivity contribution in [3.05, 3.63) is 41.6 Å². The predicted molar refractivity (Wildman–Crippen MR) is 80.2 cm³/mol. The predicted octanol–water partition coefficient (Wildman–Crippen LogP) is 5.18. The number of benzene rings is 1. The van der Waals surface area contributed by atoms with Crippen LogP contribution in [0.5, 0.6) is 0 Å². The van der Waals surface area contributed by atoms with Gasteiger partial charge in [0.25, 0.3) is 0 Å². The topological polar surface area (TPSA) is 36.7 Å². The smallest absolute Gasteiger partial charge is 0.310 e. The van der Waals surface area contributed by atoms with Crippen LogP contribution in [0.15, 0.2) is 30.5 Å². The summed E-state index contributed by atoms with van der Waals surface area (Å²) in [5.41, 5.74) is 0.885. The molecular weight excluding hydrogens is 289 g/mol. The molecule has 0 unspecified atom stereocenters. The summed E-state index contributed by atoms with van der Waals surface area (Å²) in [5, 5.41) is 8.51. The van der Waals surface area contributed by atoms with E-state index in [2.05, 4.69) is 11.9 Å². The van der Waals surface area contributed by atoms with Gasteiger partial charge in [0.05, 0.1) is 11.1 Å². The van der Waals surface area contributed by atoms with Crippen LogP contribution in [-0.2, 0) is 6.18 Å². The molecule has 0 bridgehead atoms. The van der Waals surface area contributed by atoms with Crippen LogP contribution in [0.2, 0.25) is 0 Å². The maximum absolute atomic E-state index is 13.1. The number of pyridine rings is 1. The van der Waals surface area contributed by atoms with Crippen molar-refractivity contribution in [2.45, 2.75) is 38.3 Å². The van der Waals surface area contributed by atoms with E-state index in [9.17, 15) is 13.2 Å². The molecule has 1 aromatic heterocycles. The molecule has 5 heteroatoms. The number of fused-ring (bicyclic) bond motifs is 1. The zero-order chi connectivity index (χ0) is 15.9. The Morgan fingerprint density at radius 2 is 1.95 bits per heavy atom. The summed E-state index contributed by atoms with van der Waals surface area (Å²) in [6.45, 7) is 2.09. The number of nitrogens with one attached hydrogen (secondary N) is 1. The Morgan fingerprint density at radius 3 is 2.64 bits per heavy atom. The van der Waals surface area contributed by atoms with Crippen LogP contribution >= 0.6 is 0 Å². The summed E-state index contributed by atoms with van der Waals surface area (Å²) in [6.07, 6.45) is -0.699. The lowest BCUT2D eigenvalue weighted by molar-refractivity contribution is -0.136. The molecule has 0 radical (unpaired) electrons. The summed E-state index contributed by atoms with van der Waals surface area (Å²) in [4.78, 5) is 3.97. The minimum Gasteiger partial charge on any atom is -0.310 e. The maximum Gasteiger partial charge on any atom is 0.418 e. The quantitative estimate of drug-likeness (QED) is 0.774. The lowest BCUT2D eigenvalue weighted by atomic mass is 9.76. The minimum absolute atomic E-state index is 0.0113. The first-order valence-corrected chi connectivity index (χ1v) is 7.37. The van der Waals surface area contributed by atoms with E-state index in [-0.39, 0.29) is 11.4 Å². The van der Waals surface area contributed by atoms with E-state index in [1.54, 1.807) is 18.2 Å². The summed E-state index contributed by atoms with van der Waals surface area (Å²) < 4.78 is 39.4. The third-order valence-corrected chi connectivity index (χ3v) is 4.32. The van der Waals surface area contributed by atoms with Gasteiger partial charge < -0.3 is 5.41 Å². The molecule has 116 valence electrons. The number of rotatable bonds is 1. The molecule has 1 saturated carbocycles. The van der Waals surface area contributed by atoms with Crippen LogP contribution in [0.25, 0.3) is 10.9 Å². The molecule has 1 aromatic carbocycles. The Hall–Kier alpha value is -1.91. The zero-order valence-electron chi connectivity index (χ0n) is 12.2. The van der Waals surface area contributed by atoms with Gasteiger partial charge in [0, 0.05) is 17.3 Å². The van der Waals surface area contributed by atoms with Crippen molar-refractivity contribution >= 4 is 16.6 Å². The highest BCUT2D eigenvalue weighted by molar-refractivity contribution is 5.88. The van der Waals surface area contributed by atoms with E-state index in [1.807, 2.05) is 0 Å². The van der Waals surface area contributed by atoms with E-state index >= 15 is 0 Å². The lowest BCUT2D eigenvalue weighted by Gasteiger charge is -2.29. The van der Waals surface area contributed by atoms with Gasteiger partial charge in [-0.2, -0.15) is 13.2 Å². The number of alkyl halides is 3. The second kappa shape index (κ2) is 5.38. The molecule has 2 aromatic rings. The Labute approximate surface area is 126 Å². The van der Waals surface area contributed by atoms with Crippen LogP contribution in [-0.4, -0.2) is 10.7 Å². The average molecular weight is 306 g/mol. The first-order valence-electron chi connectivity index (χ1n) is 7.37. The molecule has 22 heavy (non-hydrogen) atoms. The summed E-state index contributed by atoms with van der Waals surface area (Å²) >= 11 is 0. The Bertz CT molecular complexity index is 721. The fraction of sp³-hybridized carbons (Fsp3) is 0.412. The molecule has 1 aliphatic carbocycles. The molecule has 1 N–H and O–H groups in total. The molecule has 1 heterocycles. The molecule has 3 rings (SSSR count). The molecule has 2 nitrogen and oxygen atoms in total. The van der Waals surface area contributed by atoms with Gasteiger partial charge in [-0.1, -0.05) is 19.1 Å². The first-order chi connectivity index (χ1) is 10.4. The van der Waals surface area contributed by atoms with Gasteiger partial charge in [0.2, 0.25) is 0 Å². The fourth-order valence-corrected chi connectivity index (χ4v) is 3.47. The summed E-state index contributed by atoms with van der Waals surface area (Å²) in [6, 6.07) is 6.08. The van der Waals surface area contributed by atoms with Crippen molar-refractivity contribution in [1.29, 1.82) is 5.41 Å². The third-order valence-electron chi connectivity index (χ3n) is 4.32. The van der Waals surface area contributed by atoms with Crippen molar-refractivity contribution in [3.63, 3.8) is 0 Å². The highest BCUT2D eigenvalue weighted by Crippen LogP contribution is 2.41. The van der Waals surface area contributed by atoms with E-state index in [0.717, 1.165) is 24.5 Å². The fourth-order valence-electron chi connectivity index (χ4n) is 3.47.